The Balaban J connectivity index is 2.29. The van der Waals surface area contributed by atoms with Crippen LogP contribution in [-0.2, 0) is 6.42 Å². The van der Waals surface area contributed by atoms with Gasteiger partial charge in [-0.25, -0.2) is 0 Å². The van der Waals surface area contributed by atoms with E-state index < -0.39 is 0 Å². The average Bonchev–Trinajstić information content (AvgIpc) is 2.47. The van der Waals surface area contributed by atoms with E-state index in [0.29, 0.717) is 6.42 Å². The number of nitrogens with two attached hydrogens (primary N) is 1. The number of benzene rings is 1. The minimum absolute atomic E-state index is 0.0889. The summed E-state index contributed by atoms with van der Waals surface area (Å²) in [5.41, 5.74) is 4.80. The van der Waals surface area contributed by atoms with Gasteiger partial charge in [0.1, 0.15) is 5.75 Å². The fourth-order valence-corrected chi connectivity index (χ4v) is 2.88. The van der Waals surface area contributed by atoms with Crippen molar-refractivity contribution in [2.24, 2.45) is 5.84 Å². The average molecular weight is 401 g/mol. The first-order chi connectivity index (χ1) is 9.65. The molecule has 20 heavy (non-hydrogen) atoms. The van der Waals surface area contributed by atoms with Crippen molar-refractivity contribution >= 4 is 31.9 Å². The predicted octanol–water partition coefficient (Wildman–Crippen LogP) is 3.36. The van der Waals surface area contributed by atoms with Crippen molar-refractivity contribution in [3.05, 3.63) is 56.7 Å². The zero-order valence-electron chi connectivity index (χ0n) is 10.9. The van der Waals surface area contributed by atoms with E-state index in [-0.39, 0.29) is 6.04 Å². The second-order valence-corrected chi connectivity index (χ2v) is 5.96. The molecule has 0 aliphatic heterocycles. The number of halogens is 2. The largest absolute Gasteiger partial charge is 0.497 e. The Hall–Kier alpha value is -0.950. The highest BCUT2D eigenvalue weighted by molar-refractivity contribution is 9.10. The third-order valence-electron chi connectivity index (χ3n) is 3.00. The van der Waals surface area contributed by atoms with Gasteiger partial charge in [-0.2, -0.15) is 0 Å². The summed E-state index contributed by atoms with van der Waals surface area (Å²) in [6, 6.07) is 9.61. The van der Waals surface area contributed by atoms with Crippen LogP contribution < -0.4 is 16.0 Å². The van der Waals surface area contributed by atoms with Gasteiger partial charge in [0, 0.05) is 15.1 Å². The number of nitrogens with zero attached hydrogens (tertiary/aromatic N) is 1. The SMILES string of the molecule is COc1ccc(Br)c(CC(NN)c2ncccc2Br)c1. The highest BCUT2D eigenvalue weighted by atomic mass is 79.9. The lowest BCUT2D eigenvalue weighted by Gasteiger charge is -2.18. The van der Waals surface area contributed by atoms with Crippen LogP contribution in [0.5, 0.6) is 5.75 Å². The molecule has 0 aliphatic rings. The van der Waals surface area contributed by atoms with Crippen LogP contribution in [0.2, 0.25) is 0 Å². The Morgan fingerprint density at radius 1 is 1.30 bits per heavy atom. The van der Waals surface area contributed by atoms with Crippen LogP contribution in [-0.4, -0.2) is 12.1 Å². The van der Waals surface area contributed by atoms with Crippen LogP contribution in [0.4, 0.5) is 0 Å². The molecule has 3 N–H and O–H groups in total. The van der Waals surface area contributed by atoms with Gasteiger partial charge >= 0.3 is 0 Å². The number of nitrogens with one attached hydrogen (secondary N) is 1. The highest BCUT2D eigenvalue weighted by Crippen LogP contribution is 2.28. The predicted molar refractivity (Wildman–Crippen MR) is 86.4 cm³/mol. The van der Waals surface area contributed by atoms with Crippen LogP contribution in [0.1, 0.15) is 17.3 Å². The van der Waals surface area contributed by atoms with Crippen LogP contribution in [0.3, 0.4) is 0 Å². The van der Waals surface area contributed by atoms with E-state index in [9.17, 15) is 0 Å². The minimum Gasteiger partial charge on any atom is -0.497 e. The molecular formula is C14H15Br2N3O. The summed E-state index contributed by atoms with van der Waals surface area (Å²) in [4.78, 5) is 4.38. The van der Waals surface area contributed by atoms with Crippen molar-refractivity contribution in [2.75, 3.05) is 7.11 Å². The van der Waals surface area contributed by atoms with Gasteiger partial charge in [-0.05, 0) is 58.2 Å². The van der Waals surface area contributed by atoms with Crippen molar-refractivity contribution < 1.29 is 4.74 Å². The maximum absolute atomic E-state index is 5.68. The fourth-order valence-electron chi connectivity index (χ4n) is 1.94. The molecular weight excluding hydrogens is 386 g/mol. The van der Waals surface area contributed by atoms with Gasteiger partial charge in [0.15, 0.2) is 0 Å². The van der Waals surface area contributed by atoms with E-state index in [1.807, 2.05) is 30.3 Å². The minimum atomic E-state index is -0.0889. The van der Waals surface area contributed by atoms with E-state index in [2.05, 4.69) is 42.3 Å². The number of hydrazine groups is 1. The van der Waals surface area contributed by atoms with Gasteiger partial charge in [0.2, 0.25) is 0 Å². The highest BCUT2D eigenvalue weighted by Gasteiger charge is 2.16. The Morgan fingerprint density at radius 3 is 2.75 bits per heavy atom. The van der Waals surface area contributed by atoms with Crippen molar-refractivity contribution in [1.29, 1.82) is 0 Å². The topological polar surface area (TPSA) is 60.2 Å². The van der Waals surface area contributed by atoms with Crippen molar-refractivity contribution in [3.8, 4) is 5.75 Å². The molecule has 0 bridgehead atoms. The molecule has 6 heteroatoms. The Labute approximate surface area is 135 Å². The number of hydrogen-bond acceptors (Lipinski definition) is 4. The molecule has 1 aromatic carbocycles. The summed E-state index contributed by atoms with van der Waals surface area (Å²) in [5.74, 6) is 6.50. The lowest BCUT2D eigenvalue weighted by atomic mass is 10.0. The first-order valence-corrected chi connectivity index (χ1v) is 7.63. The Kier molecular flexibility index (Phi) is 5.54. The molecule has 1 atom stereocenters. The maximum atomic E-state index is 5.68. The van der Waals surface area contributed by atoms with Gasteiger partial charge in [0.05, 0.1) is 18.8 Å². The molecule has 0 radical (unpaired) electrons. The molecule has 0 saturated carbocycles. The molecule has 1 unspecified atom stereocenters. The Morgan fingerprint density at radius 2 is 2.10 bits per heavy atom. The molecule has 2 aromatic rings. The summed E-state index contributed by atoms with van der Waals surface area (Å²) < 4.78 is 7.21. The number of methoxy groups -OCH3 is 1. The molecule has 0 aliphatic carbocycles. The molecule has 106 valence electrons. The smallest absolute Gasteiger partial charge is 0.119 e. The fraction of sp³-hybridized carbons (Fsp3) is 0.214. The molecule has 0 saturated heterocycles. The molecule has 0 spiro atoms. The van der Waals surface area contributed by atoms with Crippen molar-refractivity contribution in [1.82, 2.24) is 10.4 Å². The zero-order valence-corrected chi connectivity index (χ0v) is 14.1. The number of pyridine rings is 1. The monoisotopic (exact) mass is 399 g/mol. The zero-order chi connectivity index (χ0) is 14.5. The number of aromatic nitrogens is 1. The number of ether oxygens (including phenoxy) is 1. The third kappa shape index (κ3) is 3.58. The van der Waals surface area contributed by atoms with E-state index >= 15 is 0 Å². The summed E-state index contributed by atoms with van der Waals surface area (Å²) in [6.07, 6.45) is 2.45. The molecule has 2 rings (SSSR count). The lowest BCUT2D eigenvalue weighted by molar-refractivity contribution is 0.413. The number of hydrogen-bond donors (Lipinski definition) is 2. The van der Waals surface area contributed by atoms with Gasteiger partial charge in [-0.1, -0.05) is 15.9 Å². The van der Waals surface area contributed by atoms with E-state index in [1.165, 1.54) is 0 Å². The van der Waals surface area contributed by atoms with Gasteiger partial charge in [-0.3, -0.25) is 16.3 Å². The summed E-state index contributed by atoms with van der Waals surface area (Å²) in [7, 11) is 1.65. The molecule has 0 fully saturated rings. The van der Waals surface area contributed by atoms with Gasteiger partial charge in [0.25, 0.3) is 0 Å². The van der Waals surface area contributed by atoms with E-state index in [1.54, 1.807) is 13.3 Å². The first-order valence-electron chi connectivity index (χ1n) is 6.04. The second-order valence-electron chi connectivity index (χ2n) is 4.25. The summed E-state index contributed by atoms with van der Waals surface area (Å²) in [5, 5.41) is 0. The van der Waals surface area contributed by atoms with E-state index in [4.69, 9.17) is 10.6 Å². The molecule has 1 aromatic heterocycles. The van der Waals surface area contributed by atoms with Crippen LogP contribution in [0.25, 0.3) is 0 Å². The van der Waals surface area contributed by atoms with E-state index in [0.717, 1.165) is 26.0 Å². The summed E-state index contributed by atoms with van der Waals surface area (Å²) >= 11 is 7.06. The van der Waals surface area contributed by atoms with Gasteiger partial charge < -0.3 is 4.74 Å². The Bertz CT molecular complexity index is 592. The standard InChI is InChI=1S/C14H15Br2N3O/c1-20-10-4-5-11(15)9(7-10)8-13(19-17)14-12(16)3-2-6-18-14/h2-7,13,19H,8,17H2,1H3. The van der Waals surface area contributed by atoms with Gasteiger partial charge in [-0.15, -0.1) is 0 Å². The normalized spacial score (nSPS) is 12.2. The maximum Gasteiger partial charge on any atom is 0.119 e. The molecule has 0 amide bonds. The second kappa shape index (κ2) is 7.17. The molecule has 4 nitrogen and oxygen atoms in total. The lowest BCUT2D eigenvalue weighted by Crippen LogP contribution is -2.30. The van der Waals surface area contributed by atoms with Crippen molar-refractivity contribution in [2.45, 2.75) is 12.5 Å². The van der Waals surface area contributed by atoms with Crippen LogP contribution in [0, 0.1) is 0 Å². The third-order valence-corrected chi connectivity index (χ3v) is 4.44. The molecule has 1 heterocycles. The van der Waals surface area contributed by atoms with Crippen molar-refractivity contribution in [3.63, 3.8) is 0 Å². The van der Waals surface area contributed by atoms with Crippen LogP contribution >= 0.6 is 31.9 Å². The van der Waals surface area contributed by atoms with Crippen LogP contribution in [0.15, 0.2) is 45.5 Å². The summed E-state index contributed by atoms with van der Waals surface area (Å²) in [6.45, 7) is 0. The number of rotatable bonds is 5. The first kappa shape index (κ1) is 15.4. The quantitative estimate of drug-likeness (QED) is 0.596.